The Hall–Kier alpha value is -0.820. The predicted octanol–water partition coefficient (Wildman–Crippen LogP) is 2.96. The molecule has 0 saturated carbocycles. The summed E-state index contributed by atoms with van der Waals surface area (Å²) in [6, 6.07) is 2.34. The van der Waals surface area contributed by atoms with E-state index in [9.17, 15) is 0 Å². The molecule has 1 aliphatic rings. The Labute approximate surface area is 98.5 Å². The maximum Gasteiger partial charge on any atom is 0.0471 e. The molecule has 1 aromatic carbocycles. The van der Waals surface area contributed by atoms with Gasteiger partial charge in [0.1, 0.15) is 0 Å². The Morgan fingerprint density at radius 1 is 1.25 bits per heavy atom. The zero-order valence-corrected chi connectivity index (χ0v) is 10.9. The fourth-order valence-corrected chi connectivity index (χ4v) is 3.11. The first-order chi connectivity index (χ1) is 7.44. The molecule has 0 heterocycles. The zero-order chi connectivity index (χ0) is 11.9. The van der Waals surface area contributed by atoms with E-state index in [1.165, 1.54) is 35.1 Å². The summed E-state index contributed by atoms with van der Waals surface area (Å²) in [5.41, 5.74) is 7.62. The molecule has 0 aromatic heterocycles. The molecule has 0 atom stereocenters. The lowest BCUT2D eigenvalue weighted by Gasteiger charge is -2.15. The van der Waals surface area contributed by atoms with Crippen molar-refractivity contribution in [3.05, 3.63) is 33.9 Å². The molecule has 1 aromatic rings. The lowest BCUT2D eigenvalue weighted by atomic mass is 9.89. The quantitative estimate of drug-likeness (QED) is 0.809. The average Bonchev–Trinajstić information content (AvgIpc) is 2.48. The van der Waals surface area contributed by atoms with Gasteiger partial charge in [0.15, 0.2) is 0 Å². The van der Waals surface area contributed by atoms with Crippen LogP contribution in [0.15, 0.2) is 6.07 Å². The zero-order valence-electron chi connectivity index (χ0n) is 10.9. The number of aliphatic hydroxyl groups is 1. The summed E-state index contributed by atoms with van der Waals surface area (Å²) < 4.78 is 0. The van der Waals surface area contributed by atoms with E-state index >= 15 is 0 Å². The SMILES string of the molecule is Cc1cc2c(c(C)c1CCO)CC(C)(C)C2. The van der Waals surface area contributed by atoms with Crippen LogP contribution in [0.1, 0.15) is 41.7 Å². The first-order valence-corrected chi connectivity index (χ1v) is 6.16. The Balaban J connectivity index is 2.49. The first kappa shape index (κ1) is 11.7. The molecule has 1 nitrogen and oxygen atoms in total. The highest BCUT2D eigenvalue weighted by molar-refractivity contribution is 5.48. The van der Waals surface area contributed by atoms with Crippen molar-refractivity contribution in [2.24, 2.45) is 5.41 Å². The van der Waals surface area contributed by atoms with Gasteiger partial charge in [-0.15, -0.1) is 0 Å². The second-order valence-electron chi connectivity index (χ2n) is 5.93. The molecule has 0 spiro atoms. The summed E-state index contributed by atoms with van der Waals surface area (Å²) in [5, 5.41) is 9.12. The molecule has 0 radical (unpaired) electrons. The molecule has 0 saturated heterocycles. The van der Waals surface area contributed by atoms with E-state index in [1.54, 1.807) is 5.56 Å². The number of hydrogen-bond donors (Lipinski definition) is 1. The van der Waals surface area contributed by atoms with E-state index in [0.717, 1.165) is 6.42 Å². The van der Waals surface area contributed by atoms with Crippen LogP contribution in [-0.4, -0.2) is 11.7 Å². The molecule has 16 heavy (non-hydrogen) atoms. The van der Waals surface area contributed by atoms with Crippen LogP contribution in [0.4, 0.5) is 0 Å². The summed E-state index contributed by atoms with van der Waals surface area (Å²) in [6.45, 7) is 9.33. The second-order valence-corrected chi connectivity index (χ2v) is 5.93. The van der Waals surface area contributed by atoms with Crippen molar-refractivity contribution in [3.8, 4) is 0 Å². The summed E-state index contributed by atoms with van der Waals surface area (Å²) in [4.78, 5) is 0. The van der Waals surface area contributed by atoms with E-state index < -0.39 is 0 Å². The minimum absolute atomic E-state index is 0.254. The molecule has 1 heteroatoms. The maximum absolute atomic E-state index is 9.12. The summed E-state index contributed by atoms with van der Waals surface area (Å²) in [7, 11) is 0. The van der Waals surface area contributed by atoms with Gasteiger partial charge < -0.3 is 5.11 Å². The van der Waals surface area contributed by atoms with Crippen LogP contribution in [-0.2, 0) is 19.3 Å². The Kier molecular flexibility index (Phi) is 2.83. The minimum Gasteiger partial charge on any atom is -0.396 e. The van der Waals surface area contributed by atoms with Gasteiger partial charge in [0.25, 0.3) is 0 Å². The molecular formula is C15H22O. The molecule has 0 unspecified atom stereocenters. The molecule has 88 valence electrons. The fraction of sp³-hybridized carbons (Fsp3) is 0.600. The third-order valence-electron chi connectivity index (χ3n) is 3.85. The molecule has 0 aliphatic heterocycles. The Morgan fingerprint density at radius 2 is 1.94 bits per heavy atom. The molecule has 0 bridgehead atoms. The van der Waals surface area contributed by atoms with E-state index in [-0.39, 0.29) is 6.61 Å². The van der Waals surface area contributed by atoms with Crippen LogP contribution in [0.25, 0.3) is 0 Å². The molecule has 0 fully saturated rings. The average molecular weight is 218 g/mol. The van der Waals surface area contributed by atoms with Crippen LogP contribution in [0, 0.1) is 19.3 Å². The highest BCUT2D eigenvalue weighted by Crippen LogP contribution is 2.39. The van der Waals surface area contributed by atoms with Crippen molar-refractivity contribution in [1.29, 1.82) is 0 Å². The Bertz CT molecular complexity index is 416. The number of rotatable bonds is 2. The van der Waals surface area contributed by atoms with Crippen LogP contribution in [0.5, 0.6) is 0 Å². The van der Waals surface area contributed by atoms with Crippen LogP contribution < -0.4 is 0 Å². The van der Waals surface area contributed by atoms with Crippen molar-refractivity contribution in [2.45, 2.75) is 47.0 Å². The van der Waals surface area contributed by atoms with Crippen LogP contribution in [0.2, 0.25) is 0 Å². The van der Waals surface area contributed by atoms with Crippen molar-refractivity contribution >= 4 is 0 Å². The first-order valence-electron chi connectivity index (χ1n) is 6.16. The standard InChI is InChI=1S/C15H22O/c1-10-7-12-8-15(3,4)9-14(12)11(2)13(10)5-6-16/h7,16H,5-6,8-9H2,1-4H3. The number of hydrogen-bond acceptors (Lipinski definition) is 1. The lowest BCUT2D eigenvalue weighted by molar-refractivity contribution is 0.299. The van der Waals surface area contributed by atoms with Gasteiger partial charge in [-0.25, -0.2) is 0 Å². The van der Waals surface area contributed by atoms with Gasteiger partial charge in [-0.1, -0.05) is 19.9 Å². The van der Waals surface area contributed by atoms with Crippen LogP contribution >= 0.6 is 0 Å². The van der Waals surface area contributed by atoms with E-state index in [1.807, 2.05) is 0 Å². The number of benzene rings is 1. The monoisotopic (exact) mass is 218 g/mol. The van der Waals surface area contributed by atoms with Crippen molar-refractivity contribution in [3.63, 3.8) is 0 Å². The minimum atomic E-state index is 0.254. The predicted molar refractivity (Wildman–Crippen MR) is 67.9 cm³/mol. The third-order valence-corrected chi connectivity index (χ3v) is 3.85. The molecule has 1 N–H and O–H groups in total. The number of aliphatic hydroxyl groups excluding tert-OH is 1. The fourth-order valence-electron chi connectivity index (χ4n) is 3.11. The van der Waals surface area contributed by atoms with E-state index in [4.69, 9.17) is 5.11 Å². The van der Waals surface area contributed by atoms with Gasteiger partial charge in [0.2, 0.25) is 0 Å². The Morgan fingerprint density at radius 3 is 2.56 bits per heavy atom. The van der Waals surface area contributed by atoms with Crippen molar-refractivity contribution in [1.82, 2.24) is 0 Å². The summed E-state index contributed by atoms with van der Waals surface area (Å²) in [5.74, 6) is 0. The maximum atomic E-state index is 9.12. The van der Waals surface area contributed by atoms with Gasteiger partial charge in [-0.3, -0.25) is 0 Å². The smallest absolute Gasteiger partial charge is 0.0471 e. The van der Waals surface area contributed by atoms with E-state index in [0.29, 0.717) is 5.41 Å². The third kappa shape index (κ3) is 1.89. The number of fused-ring (bicyclic) bond motifs is 1. The molecule has 2 rings (SSSR count). The normalized spacial score (nSPS) is 17.6. The number of aryl methyl sites for hydroxylation is 1. The highest BCUT2D eigenvalue weighted by Gasteiger charge is 2.30. The molecule has 1 aliphatic carbocycles. The van der Waals surface area contributed by atoms with Gasteiger partial charge >= 0.3 is 0 Å². The van der Waals surface area contributed by atoms with Gasteiger partial charge in [0, 0.05) is 6.61 Å². The molecule has 0 amide bonds. The summed E-state index contributed by atoms with van der Waals surface area (Å²) in [6.07, 6.45) is 3.18. The second kappa shape index (κ2) is 3.89. The van der Waals surface area contributed by atoms with E-state index in [2.05, 4.69) is 33.8 Å². The lowest BCUT2D eigenvalue weighted by Crippen LogP contribution is -2.09. The topological polar surface area (TPSA) is 20.2 Å². The van der Waals surface area contributed by atoms with Gasteiger partial charge in [-0.2, -0.15) is 0 Å². The molecular weight excluding hydrogens is 196 g/mol. The van der Waals surface area contributed by atoms with Crippen LogP contribution in [0.3, 0.4) is 0 Å². The summed E-state index contributed by atoms with van der Waals surface area (Å²) >= 11 is 0. The van der Waals surface area contributed by atoms with Gasteiger partial charge in [-0.05, 0) is 66.3 Å². The van der Waals surface area contributed by atoms with Crippen molar-refractivity contribution in [2.75, 3.05) is 6.61 Å². The van der Waals surface area contributed by atoms with Crippen molar-refractivity contribution < 1.29 is 5.11 Å². The van der Waals surface area contributed by atoms with Gasteiger partial charge in [0.05, 0.1) is 0 Å². The largest absolute Gasteiger partial charge is 0.396 e. The highest BCUT2D eigenvalue weighted by atomic mass is 16.2.